The molecule has 2 aromatic rings. The quantitative estimate of drug-likeness (QED) is 0.812. The number of benzene rings is 1. The molecule has 126 valence electrons. The summed E-state index contributed by atoms with van der Waals surface area (Å²) in [5, 5.41) is 19.4. The molecule has 0 aliphatic heterocycles. The van der Waals surface area contributed by atoms with Gasteiger partial charge in [0.15, 0.2) is 5.76 Å². The normalized spacial score (nSPS) is 12.1. The minimum absolute atomic E-state index is 0.0749. The number of aliphatic hydroxyl groups is 2. The van der Waals surface area contributed by atoms with Gasteiger partial charge >= 0.3 is 0 Å². The van der Waals surface area contributed by atoms with E-state index in [1.807, 2.05) is 50.1 Å². The van der Waals surface area contributed by atoms with Crippen molar-refractivity contribution < 1.29 is 14.6 Å². The molecule has 0 amide bonds. The average Bonchev–Trinajstić information content (AvgIpc) is 2.88. The maximum atomic E-state index is 9.38. The van der Waals surface area contributed by atoms with Gasteiger partial charge in [0, 0.05) is 22.5 Å². The Morgan fingerprint density at radius 1 is 1.22 bits per heavy atom. The second-order valence-corrected chi connectivity index (χ2v) is 6.76. The Bertz CT molecular complexity index is 636. The van der Waals surface area contributed by atoms with E-state index in [1.54, 1.807) is 0 Å². The molecule has 0 spiro atoms. The van der Waals surface area contributed by atoms with Gasteiger partial charge in [0.2, 0.25) is 5.89 Å². The van der Waals surface area contributed by atoms with Crippen LogP contribution in [0.4, 0.5) is 0 Å². The molecular weight excluding hydrogens is 316 g/mol. The number of aliphatic hydroxyl groups excluding tert-OH is 2. The van der Waals surface area contributed by atoms with Crippen molar-refractivity contribution in [1.82, 2.24) is 9.88 Å². The highest BCUT2D eigenvalue weighted by Gasteiger charge is 2.25. The summed E-state index contributed by atoms with van der Waals surface area (Å²) in [6.45, 7) is 4.64. The first-order chi connectivity index (χ1) is 10.9. The molecule has 1 aromatic heterocycles. The van der Waals surface area contributed by atoms with E-state index in [0.29, 0.717) is 24.0 Å². The van der Waals surface area contributed by atoms with Crippen LogP contribution in [-0.2, 0) is 6.54 Å². The van der Waals surface area contributed by atoms with Crippen LogP contribution in [0.3, 0.4) is 0 Å². The number of nitrogens with zero attached hydrogens (tertiary/aromatic N) is 2. The van der Waals surface area contributed by atoms with E-state index < -0.39 is 5.41 Å². The lowest BCUT2D eigenvalue weighted by molar-refractivity contribution is 0.0383. The van der Waals surface area contributed by atoms with Gasteiger partial charge in [0.25, 0.3) is 0 Å². The molecule has 1 heterocycles. The maximum Gasteiger partial charge on any atom is 0.209 e. The second kappa shape index (κ2) is 7.45. The Kier molecular flexibility index (Phi) is 5.81. The molecule has 0 bridgehead atoms. The number of rotatable bonds is 7. The molecule has 6 heteroatoms. The van der Waals surface area contributed by atoms with Crippen molar-refractivity contribution in [2.24, 2.45) is 5.41 Å². The molecule has 2 N–H and O–H groups in total. The van der Waals surface area contributed by atoms with Crippen molar-refractivity contribution in [3.63, 3.8) is 0 Å². The molecule has 0 fully saturated rings. The van der Waals surface area contributed by atoms with Crippen LogP contribution in [0.5, 0.6) is 0 Å². The molecule has 1 aromatic carbocycles. The van der Waals surface area contributed by atoms with E-state index in [4.69, 9.17) is 16.0 Å². The van der Waals surface area contributed by atoms with Gasteiger partial charge in [-0.15, -0.1) is 0 Å². The monoisotopic (exact) mass is 338 g/mol. The predicted octanol–water partition coefficient (Wildman–Crippen LogP) is 2.73. The molecule has 0 aliphatic rings. The third-order valence-electron chi connectivity index (χ3n) is 3.77. The fourth-order valence-corrected chi connectivity index (χ4v) is 2.60. The Labute approximate surface area is 141 Å². The van der Waals surface area contributed by atoms with Crippen LogP contribution in [0.25, 0.3) is 11.3 Å². The van der Waals surface area contributed by atoms with Gasteiger partial charge < -0.3 is 14.6 Å². The topological polar surface area (TPSA) is 69.7 Å². The molecule has 0 saturated heterocycles. The van der Waals surface area contributed by atoms with E-state index in [-0.39, 0.29) is 13.2 Å². The summed E-state index contributed by atoms with van der Waals surface area (Å²) in [6, 6.07) is 7.44. The fourth-order valence-electron chi connectivity index (χ4n) is 2.48. The van der Waals surface area contributed by atoms with Crippen molar-refractivity contribution in [2.45, 2.75) is 20.4 Å². The van der Waals surface area contributed by atoms with Gasteiger partial charge in [-0.05, 0) is 38.2 Å². The molecule has 5 nitrogen and oxygen atoms in total. The molecule has 0 atom stereocenters. The molecule has 0 unspecified atom stereocenters. The van der Waals surface area contributed by atoms with Crippen LogP contribution < -0.4 is 0 Å². The highest BCUT2D eigenvalue weighted by molar-refractivity contribution is 6.30. The lowest BCUT2D eigenvalue weighted by atomic mass is 9.92. The highest BCUT2D eigenvalue weighted by atomic mass is 35.5. The van der Waals surface area contributed by atoms with E-state index in [1.165, 1.54) is 0 Å². The Hall–Kier alpha value is -1.40. The summed E-state index contributed by atoms with van der Waals surface area (Å²) in [5.74, 6) is 1.34. The minimum Gasteiger partial charge on any atom is -0.439 e. The fraction of sp³-hybridized carbons (Fsp3) is 0.471. The zero-order valence-corrected chi connectivity index (χ0v) is 14.5. The highest BCUT2D eigenvalue weighted by Crippen LogP contribution is 2.26. The van der Waals surface area contributed by atoms with Crippen LogP contribution >= 0.6 is 11.6 Å². The molecular formula is C17H23ClN2O3. The zero-order chi connectivity index (χ0) is 17.0. The Morgan fingerprint density at radius 2 is 1.83 bits per heavy atom. The summed E-state index contributed by atoms with van der Waals surface area (Å²) in [6.07, 6.45) is 0. The lowest BCUT2D eigenvalue weighted by Gasteiger charge is -2.29. The smallest absolute Gasteiger partial charge is 0.209 e. The summed E-state index contributed by atoms with van der Waals surface area (Å²) in [5.41, 5.74) is 1.21. The van der Waals surface area contributed by atoms with Crippen molar-refractivity contribution in [3.05, 3.63) is 40.9 Å². The molecule has 0 aliphatic carbocycles. The molecule has 0 radical (unpaired) electrons. The third kappa shape index (κ3) is 4.54. The largest absolute Gasteiger partial charge is 0.439 e. The van der Waals surface area contributed by atoms with Gasteiger partial charge in [0.1, 0.15) is 0 Å². The van der Waals surface area contributed by atoms with Gasteiger partial charge in [-0.2, -0.15) is 0 Å². The lowest BCUT2D eigenvalue weighted by Crippen LogP contribution is -2.38. The average molecular weight is 339 g/mol. The summed E-state index contributed by atoms with van der Waals surface area (Å²) in [7, 11) is 1.91. The van der Waals surface area contributed by atoms with E-state index in [2.05, 4.69) is 4.98 Å². The zero-order valence-electron chi connectivity index (χ0n) is 13.7. The molecule has 2 rings (SSSR count). The van der Waals surface area contributed by atoms with Crippen molar-refractivity contribution >= 4 is 11.6 Å². The summed E-state index contributed by atoms with van der Waals surface area (Å²) in [4.78, 5) is 6.44. The van der Waals surface area contributed by atoms with E-state index >= 15 is 0 Å². The first kappa shape index (κ1) is 17.9. The Morgan fingerprint density at radius 3 is 2.39 bits per heavy atom. The summed E-state index contributed by atoms with van der Waals surface area (Å²) >= 11 is 5.91. The first-order valence-electron chi connectivity index (χ1n) is 7.49. The maximum absolute atomic E-state index is 9.38. The first-order valence-corrected chi connectivity index (χ1v) is 7.87. The number of halogens is 1. The van der Waals surface area contributed by atoms with Crippen molar-refractivity contribution in [1.29, 1.82) is 0 Å². The van der Waals surface area contributed by atoms with Gasteiger partial charge in [0.05, 0.1) is 25.5 Å². The number of oxazole rings is 1. The molecule has 0 saturated carbocycles. The van der Waals surface area contributed by atoms with Crippen LogP contribution in [0.1, 0.15) is 18.5 Å². The van der Waals surface area contributed by atoms with Crippen LogP contribution in [0.15, 0.2) is 28.7 Å². The second-order valence-electron chi connectivity index (χ2n) is 6.33. The van der Waals surface area contributed by atoms with E-state index in [0.717, 1.165) is 17.0 Å². The molecule has 23 heavy (non-hydrogen) atoms. The standard InChI is InChI=1S/C17H23ClN2O3/c1-12-16(13-4-6-14(18)7-5-13)23-15(19-12)8-20(3)9-17(2,10-21)11-22/h4-7,21-22H,8-11H2,1-3H3. The number of aryl methyl sites for hydroxylation is 1. The van der Waals surface area contributed by atoms with Crippen molar-refractivity contribution in [3.8, 4) is 11.3 Å². The minimum atomic E-state index is -0.546. The Balaban J connectivity index is 2.10. The van der Waals surface area contributed by atoms with Gasteiger partial charge in [-0.1, -0.05) is 18.5 Å². The van der Waals surface area contributed by atoms with Gasteiger partial charge in [-0.25, -0.2) is 4.98 Å². The van der Waals surface area contributed by atoms with Crippen LogP contribution in [0, 0.1) is 12.3 Å². The number of hydrogen-bond acceptors (Lipinski definition) is 5. The number of aromatic nitrogens is 1. The number of hydrogen-bond donors (Lipinski definition) is 2. The van der Waals surface area contributed by atoms with Crippen LogP contribution in [-0.4, -0.2) is 46.9 Å². The van der Waals surface area contributed by atoms with E-state index in [9.17, 15) is 10.2 Å². The van der Waals surface area contributed by atoms with Crippen LogP contribution in [0.2, 0.25) is 5.02 Å². The van der Waals surface area contributed by atoms with Gasteiger partial charge in [-0.3, -0.25) is 4.90 Å². The predicted molar refractivity (Wildman–Crippen MR) is 90.3 cm³/mol. The summed E-state index contributed by atoms with van der Waals surface area (Å²) < 4.78 is 5.87. The SMILES string of the molecule is Cc1nc(CN(C)CC(C)(CO)CO)oc1-c1ccc(Cl)cc1. The van der Waals surface area contributed by atoms with Crippen molar-refractivity contribution in [2.75, 3.05) is 26.8 Å². The third-order valence-corrected chi connectivity index (χ3v) is 4.02.